The number of hydrogen-bond acceptors (Lipinski definition) is 4. The van der Waals surface area contributed by atoms with Crippen molar-refractivity contribution in [1.82, 2.24) is 0 Å². The standard InChI is InChI=1S/C33H27F4NO3/c1-19-10-21(13-26(11-19)33(35,36)37)12-25-14-24-15-28(8-9-29(24)32(25)40)41-18-20-2-4-22(5-3-20)31(39)16-23-6-7-27(34)17-30(23)38/h2-11,13,15,17,25H,12,14,16,18,38H2,1H3. The Balaban J connectivity index is 1.20. The Morgan fingerprint density at radius 3 is 2.41 bits per heavy atom. The number of carbonyl (C=O) groups is 2. The first-order chi connectivity index (χ1) is 19.5. The molecule has 5 rings (SSSR count). The zero-order chi connectivity index (χ0) is 29.3. The minimum atomic E-state index is -4.44. The van der Waals surface area contributed by atoms with Crippen LogP contribution in [0.3, 0.4) is 0 Å². The van der Waals surface area contributed by atoms with Crippen LogP contribution in [-0.2, 0) is 32.0 Å². The van der Waals surface area contributed by atoms with E-state index in [1.165, 1.54) is 18.2 Å². The average Bonchev–Trinajstić information content (AvgIpc) is 3.22. The topological polar surface area (TPSA) is 69.4 Å². The Bertz CT molecular complexity index is 1630. The van der Waals surface area contributed by atoms with Gasteiger partial charge >= 0.3 is 6.18 Å². The first-order valence-electron chi connectivity index (χ1n) is 13.1. The zero-order valence-electron chi connectivity index (χ0n) is 22.2. The largest absolute Gasteiger partial charge is 0.489 e. The van der Waals surface area contributed by atoms with Crippen molar-refractivity contribution < 1.29 is 31.9 Å². The van der Waals surface area contributed by atoms with E-state index in [-0.39, 0.29) is 36.7 Å². The van der Waals surface area contributed by atoms with Crippen LogP contribution in [0.4, 0.5) is 23.2 Å². The van der Waals surface area contributed by atoms with Gasteiger partial charge in [0.05, 0.1) is 5.56 Å². The highest BCUT2D eigenvalue weighted by molar-refractivity contribution is 6.02. The van der Waals surface area contributed by atoms with Crippen molar-refractivity contribution in [3.8, 4) is 5.75 Å². The van der Waals surface area contributed by atoms with Gasteiger partial charge in [0.25, 0.3) is 0 Å². The van der Waals surface area contributed by atoms with Crippen molar-refractivity contribution in [2.45, 2.75) is 39.0 Å². The molecule has 0 saturated carbocycles. The molecule has 1 unspecified atom stereocenters. The van der Waals surface area contributed by atoms with E-state index in [0.29, 0.717) is 40.0 Å². The number of ketones is 2. The molecule has 4 nitrogen and oxygen atoms in total. The maximum atomic E-state index is 13.3. The molecule has 0 aliphatic heterocycles. The number of benzene rings is 4. The number of Topliss-reactive ketones (excluding diaryl/α,β-unsaturated/α-hetero) is 2. The molecule has 0 amide bonds. The molecule has 1 atom stereocenters. The molecular formula is C33H27F4NO3. The van der Waals surface area contributed by atoms with Gasteiger partial charge in [0.2, 0.25) is 0 Å². The molecule has 4 aromatic rings. The van der Waals surface area contributed by atoms with Gasteiger partial charge in [-0.05, 0) is 84.5 Å². The number of fused-ring (bicyclic) bond motifs is 1. The second-order valence-electron chi connectivity index (χ2n) is 10.4. The van der Waals surface area contributed by atoms with Crippen LogP contribution in [-0.4, -0.2) is 11.6 Å². The number of rotatable bonds is 8. The first kappa shape index (κ1) is 28.1. The summed E-state index contributed by atoms with van der Waals surface area (Å²) in [5.74, 6) is -0.543. The Labute approximate surface area is 234 Å². The molecule has 1 aliphatic carbocycles. The maximum absolute atomic E-state index is 13.3. The van der Waals surface area contributed by atoms with E-state index >= 15 is 0 Å². The summed E-state index contributed by atoms with van der Waals surface area (Å²) in [7, 11) is 0. The van der Waals surface area contributed by atoms with E-state index in [2.05, 4.69) is 0 Å². The highest BCUT2D eigenvalue weighted by Gasteiger charge is 2.33. The van der Waals surface area contributed by atoms with Crippen molar-refractivity contribution >= 4 is 17.3 Å². The first-order valence-corrected chi connectivity index (χ1v) is 13.1. The third kappa shape index (κ3) is 6.48. The van der Waals surface area contributed by atoms with Crippen LogP contribution in [0, 0.1) is 18.7 Å². The quantitative estimate of drug-likeness (QED) is 0.139. The summed E-state index contributed by atoms with van der Waals surface area (Å²) < 4.78 is 58.9. The van der Waals surface area contributed by atoms with Gasteiger partial charge in [-0.15, -0.1) is 0 Å². The van der Waals surface area contributed by atoms with Crippen molar-refractivity contribution in [3.63, 3.8) is 0 Å². The number of anilines is 1. The lowest BCUT2D eigenvalue weighted by molar-refractivity contribution is -0.137. The monoisotopic (exact) mass is 561 g/mol. The molecule has 41 heavy (non-hydrogen) atoms. The molecule has 0 saturated heterocycles. The number of hydrogen-bond donors (Lipinski definition) is 1. The number of nitrogen functional groups attached to an aromatic ring is 1. The maximum Gasteiger partial charge on any atom is 0.416 e. The summed E-state index contributed by atoms with van der Waals surface area (Å²) in [5, 5.41) is 0. The highest BCUT2D eigenvalue weighted by atomic mass is 19.4. The fourth-order valence-corrected chi connectivity index (χ4v) is 5.20. The molecule has 0 heterocycles. The molecule has 0 bridgehead atoms. The Hall–Kier alpha value is -4.46. The fraction of sp³-hybridized carbons (Fsp3) is 0.212. The second-order valence-corrected chi connectivity index (χ2v) is 10.4. The smallest absolute Gasteiger partial charge is 0.416 e. The van der Waals surface area contributed by atoms with Crippen molar-refractivity contribution in [3.05, 3.63) is 129 Å². The molecule has 1 aliphatic rings. The van der Waals surface area contributed by atoms with Gasteiger partial charge in [0, 0.05) is 29.2 Å². The third-order valence-corrected chi connectivity index (χ3v) is 7.27. The van der Waals surface area contributed by atoms with Crippen LogP contribution in [0.2, 0.25) is 0 Å². The van der Waals surface area contributed by atoms with Gasteiger partial charge in [0.15, 0.2) is 11.6 Å². The molecule has 0 spiro atoms. The minimum Gasteiger partial charge on any atom is -0.489 e. The number of alkyl halides is 3. The Morgan fingerprint density at radius 1 is 0.951 bits per heavy atom. The molecule has 2 N–H and O–H groups in total. The van der Waals surface area contributed by atoms with Crippen molar-refractivity contribution in [1.29, 1.82) is 0 Å². The number of ether oxygens (including phenoxy) is 1. The van der Waals surface area contributed by atoms with Crippen molar-refractivity contribution in [2.75, 3.05) is 5.73 Å². The Morgan fingerprint density at radius 2 is 1.71 bits per heavy atom. The summed E-state index contributed by atoms with van der Waals surface area (Å²) in [5.41, 5.74) is 9.59. The van der Waals surface area contributed by atoms with Gasteiger partial charge in [-0.25, -0.2) is 4.39 Å². The third-order valence-electron chi connectivity index (χ3n) is 7.27. The minimum absolute atomic E-state index is 0.0597. The van der Waals surface area contributed by atoms with E-state index in [4.69, 9.17) is 10.5 Å². The second kappa shape index (κ2) is 11.2. The number of nitrogens with two attached hydrogens (primary N) is 1. The van der Waals surface area contributed by atoms with E-state index in [1.54, 1.807) is 55.5 Å². The number of carbonyl (C=O) groups excluding carboxylic acids is 2. The molecule has 210 valence electrons. The summed E-state index contributed by atoms with van der Waals surface area (Å²) in [6.45, 7) is 1.85. The lowest BCUT2D eigenvalue weighted by atomic mass is 9.93. The zero-order valence-corrected chi connectivity index (χ0v) is 22.2. The summed E-state index contributed by atoms with van der Waals surface area (Å²) in [6, 6.07) is 20.0. The van der Waals surface area contributed by atoms with Gasteiger partial charge in [-0.2, -0.15) is 13.2 Å². The van der Waals surface area contributed by atoms with Crippen LogP contribution in [0.25, 0.3) is 0 Å². The van der Waals surface area contributed by atoms with Gasteiger partial charge in [-0.3, -0.25) is 9.59 Å². The molecule has 0 fully saturated rings. The lowest BCUT2D eigenvalue weighted by Crippen LogP contribution is -2.13. The molecule has 8 heteroatoms. The van der Waals surface area contributed by atoms with E-state index < -0.39 is 23.5 Å². The molecule has 0 radical (unpaired) electrons. The molecular weight excluding hydrogens is 534 g/mol. The number of halogens is 4. The summed E-state index contributed by atoms with van der Waals surface area (Å²) in [6.07, 6.45) is -3.72. The Kier molecular flexibility index (Phi) is 7.67. The van der Waals surface area contributed by atoms with Crippen LogP contribution in [0.5, 0.6) is 5.75 Å². The van der Waals surface area contributed by atoms with Crippen LogP contribution in [0.1, 0.15) is 54.1 Å². The van der Waals surface area contributed by atoms with Crippen LogP contribution in [0.15, 0.2) is 78.9 Å². The normalized spacial score (nSPS) is 14.7. The van der Waals surface area contributed by atoms with Gasteiger partial charge < -0.3 is 10.5 Å². The van der Waals surface area contributed by atoms with E-state index in [9.17, 15) is 27.2 Å². The van der Waals surface area contributed by atoms with E-state index in [0.717, 1.165) is 23.3 Å². The SMILES string of the molecule is Cc1cc(CC2Cc3cc(OCc4ccc(C(=O)Cc5ccc(F)cc5N)cc4)ccc3C2=O)cc(C(F)(F)F)c1. The van der Waals surface area contributed by atoms with Gasteiger partial charge in [-0.1, -0.05) is 42.0 Å². The highest BCUT2D eigenvalue weighted by Crippen LogP contribution is 2.35. The molecule has 0 aromatic heterocycles. The van der Waals surface area contributed by atoms with Crippen LogP contribution < -0.4 is 10.5 Å². The number of aryl methyl sites for hydroxylation is 1. The van der Waals surface area contributed by atoms with Gasteiger partial charge in [0.1, 0.15) is 18.2 Å². The van der Waals surface area contributed by atoms with E-state index in [1.807, 2.05) is 0 Å². The molecule has 4 aromatic carbocycles. The van der Waals surface area contributed by atoms with Crippen LogP contribution >= 0.6 is 0 Å². The predicted octanol–water partition coefficient (Wildman–Crippen LogP) is 7.34. The fourth-order valence-electron chi connectivity index (χ4n) is 5.20. The predicted molar refractivity (Wildman–Crippen MR) is 147 cm³/mol. The summed E-state index contributed by atoms with van der Waals surface area (Å²) in [4.78, 5) is 25.6. The van der Waals surface area contributed by atoms with Crippen molar-refractivity contribution in [2.24, 2.45) is 5.92 Å². The lowest BCUT2D eigenvalue weighted by Gasteiger charge is -2.13. The average molecular weight is 562 g/mol. The summed E-state index contributed by atoms with van der Waals surface area (Å²) >= 11 is 0.